The third kappa shape index (κ3) is 5.45. The van der Waals surface area contributed by atoms with Gasteiger partial charge in [-0.05, 0) is 71.2 Å². The molecule has 0 atom stereocenters. The van der Waals surface area contributed by atoms with Gasteiger partial charge in [-0.3, -0.25) is 14.6 Å². The second-order valence-corrected chi connectivity index (χ2v) is 13.6. The fraction of sp³-hybridized carbons (Fsp3) is 0.455. The zero-order valence-corrected chi connectivity index (χ0v) is 26.8. The molecule has 44 heavy (non-hydrogen) atoms. The molecule has 0 radical (unpaired) electrons. The summed E-state index contributed by atoms with van der Waals surface area (Å²) in [6, 6.07) is 9.71. The molecule has 2 amide bonds. The molecule has 11 heteroatoms. The molecule has 2 aliphatic rings. The van der Waals surface area contributed by atoms with Gasteiger partial charge in [-0.2, -0.15) is 10.2 Å². The van der Waals surface area contributed by atoms with Gasteiger partial charge in [0.1, 0.15) is 11.3 Å². The SMILES string of the molecule is COCCNC(=O)c1ccc(-c2nn(C3CC4(C3)CN(C(=O)OC(C)(C)C)C4)c(C)c2-c2c(Cl)c(C)cc3[nH]ncc23)cc1. The van der Waals surface area contributed by atoms with Gasteiger partial charge in [-0.15, -0.1) is 0 Å². The summed E-state index contributed by atoms with van der Waals surface area (Å²) in [7, 11) is 1.60. The van der Waals surface area contributed by atoms with Crippen molar-refractivity contribution < 1.29 is 19.1 Å². The van der Waals surface area contributed by atoms with E-state index >= 15 is 0 Å². The van der Waals surface area contributed by atoms with Crippen molar-refractivity contribution in [2.24, 2.45) is 5.41 Å². The monoisotopic (exact) mass is 618 g/mol. The predicted molar refractivity (Wildman–Crippen MR) is 170 cm³/mol. The van der Waals surface area contributed by atoms with Crippen LogP contribution in [-0.2, 0) is 9.47 Å². The van der Waals surface area contributed by atoms with Crippen LogP contribution in [0.15, 0.2) is 36.5 Å². The maximum atomic E-state index is 12.6. The van der Waals surface area contributed by atoms with Crippen LogP contribution in [-0.4, -0.2) is 75.8 Å². The van der Waals surface area contributed by atoms with E-state index < -0.39 is 5.60 Å². The Bertz CT molecular complexity index is 1720. The molecular formula is C33H39ClN6O4. The van der Waals surface area contributed by atoms with Gasteiger partial charge in [0, 0.05) is 65.5 Å². The number of halogens is 1. The number of aromatic nitrogens is 4. The summed E-state index contributed by atoms with van der Waals surface area (Å²) in [4.78, 5) is 27.0. The summed E-state index contributed by atoms with van der Waals surface area (Å²) in [5, 5.41) is 17.1. The average molecular weight is 619 g/mol. The average Bonchev–Trinajstić information content (AvgIpc) is 3.51. The summed E-state index contributed by atoms with van der Waals surface area (Å²) in [6.45, 7) is 12.0. The van der Waals surface area contributed by atoms with Crippen LogP contribution in [0.25, 0.3) is 33.3 Å². The maximum Gasteiger partial charge on any atom is 0.410 e. The zero-order valence-electron chi connectivity index (χ0n) is 26.1. The number of hydrogen-bond acceptors (Lipinski definition) is 6. The smallest absolute Gasteiger partial charge is 0.410 e. The fourth-order valence-electron chi connectivity index (χ4n) is 6.56. The Morgan fingerprint density at radius 2 is 1.84 bits per heavy atom. The van der Waals surface area contributed by atoms with Crippen molar-refractivity contribution in [1.29, 1.82) is 0 Å². The Morgan fingerprint density at radius 1 is 1.14 bits per heavy atom. The lowest BCUT2D eigenvalue weighted by molar-refractivity contribution is -0.0930. The van der Waals surface area contributed by atoms with Gasteiger partial charge >= 0.3 is 6.09 Å². The number of methoxy groups -OCH3 is 1. The Balaban J connectivity index is 1.33. The summed E-state index contributed by atoms with van der Waals surface area (Å²) in [5.74, 6) is -0.155. The molecule has 0 bridgehead atoms. The van der Waals surface area contributed by atoms with E-state index in [4.69, 9.17) is 26.2 Å². The van der Waals surface area contributed by atoms with E-state index in [1.54, 1.807) is 12.0 Å². The number of aryl methyl sites for hydroxylation is 1. The molecule has 10 nitrogen and oxygen atoms in total. The molecule has 1 aliphatic heterocycles. The number of nitrogens with one attached hydrogen (secondary N) is 2. The molecule has 0 unspecified atom stereocenters. The van der Waals surface area contributed by atoms with Crippen LogP contribution in [0.4, 0.5) is 4.79 Å². The fourth-order valence-corrected chi connectivity index (χ4v) is 6.81. The summed E-state index contributed by atoms with van der Waals surface area (Å²) < 4.78 is 12.7. The quantitative estimate of drug-likeness (QED) is 0.235. The first kappa shape index (κ1) is 30.1. The Morgan fingerprint density at radius 3 is 2.50 bits per heavy atom. The third-order valence-electron chi connectivity index (χ3n) is 8.66. The van der Waals surface area contributed by atoms with E-state index in [0.717, 1.165) is 57.4 Å². The van der Waals surface area contributed by atoms with E-state index in [-0.39, 0.29) is 23.5 Å². The van der Waals surface area contributed by atoms with Gasteiger partial charge in [0.25, 0.3) is 5.91 Å². The molecule has 6 rings (SSSR count). The summed E-state index contributed by atoms with van der Waals surface area (Å²) >= 11 is 7.04. The second-order valence-electron chi connectivity index (χ2n) is 13.2. The van der Waals surface area contributed by atoms with Crippen molar-refractivity contribution >= 4 is 34.5 Å². The highest BCUT2D eigenvalue weighted by atomic mass is 35.5. The first-order valence-corrected chi connectivity index (χ1v) is 15.3. The van der Waals surface area contributed by atoms with Gasteiger partial charge in [0.05, 0.1) is 29.4 Å². The number of aromatic amines is 1. The number of amides is 2. The first-order chi connectivity index (χ1) is 20.9. The van der Waals surface area contributed by atoms with Crippen LogP contribution < -0.4 is 5.32 Å². The van der Waals surface area contributed by atoms with Gasteiger partial charge in [-0.1, -0.05) is 23.7 Å². The number of ether oxygens (including phenoxy) is 2. The van der Waals surface area contributed by atoms with Gasteiger partial charge in [0.2, 0.25) is 0 Å². The Hall–Kier alpha value is -3.89. The van der Waals surface area contributed by atoms with Crippen molar-refractivity contribution in [2.75, 3.05) is 33.4 Å². The van der Waals surface area contributed by atoms with E-state index in [2.05, 4.69) is 27.1 Å². The molecule has 3 heterocycles. The highest BCUT2D eigenvalue weighted by Crippen LogP contribution is 2.55. The Labute approximate surface area is 262 Å². The number of carbonyl (C=O) groups is 2. The molecule has 2 aromatic heterocycles. The predicted octanol–water partition coefficient (Wildman–Crippen LogP) is 6.31. The van der Waals surface area contributed by atoms with Crippen molar-refractivity contribution in [1.82, 2.24) is 30.2 Å². The minimum Gasteiger partial charge on any atom is -0.444 e. The maximum absolute atomic E-state index is 12.6. The number of nitrogens with zero attached hydrogens (tertiary/aromatic N) is 4. The minimum absolute atomic E-state index is 0.0942. The lowest BCUT2D eigenvalue weighted by Crippen LogP contribution is -2.64. The van der Waals surface area contributed by atoms with E-state index in [1.807, 2.05) is 64.2 Å². The van der Waals surface area contributed by atoms with Crippen molar-refractivity contribution in [2.45, 2.75) is 59.1 Å². The molecule has 2 N–H and O–H groups in total. The van der Waals surface area contributed by atoms with E-state index in [0.29, 0.717) is 36.8 Å². The highest BCUT2D eigenvalue weighted by molar-refractivity contribution is 6.36. The van der Waals surface area contributed by atoms with Gasteiger partial charge < -0.3 is 19.7 Å². The summed E-state index contributed by atoms with van der Waals surface area (Å²) in [5.41, 5.74) is 6.54. The number of carbonyl (C=O) groups excluding carboxylic acids is 2. The van der Waals surface area contributed by atoms with E-state index in [9.17, 15) is 9.59 Å². The van der Waals surface area contributed by atoms with Crippen LogP contribution in [0.3, 0.4) is 0 Å². The van der Waals surface area contributed by atoms with Crippen molar-refractivity contribution in [3.05, 3.63) is 58.4 Å². The largest absolute Gasteiger partial charge is 0.444 e. The topological polar surface area (TPSA) is 114 Å². The molecular weight excluding hydrogens is 580 g/mol. The molecule has 1 saturated carbocycles. The molecule has 1 aliphatic carbocycles. The molecule has 4 aromatic rings. The van der Waals surface area contributed by atoms with Crippen LogP contribution in [0.2, 0.25) is 5.02 Å². The number of hydrogen-bond donors (Lipinski definition) is 2. The summed E-state index contributed by atoms with van der Waals surface area (Å²) in [6.07, 6.45) is 3.41. The van der Waals surface area contributed by atoms with Gasteiger partial charge in [0.15, 0.2) is 0 Å². The number of rotatable bonds is 7. The zero-order chi connectivity index (χ0) is 31.4. The van der Waals surface area contributed by atoms with Gasteiger partial charge in [-0.25, -0.2) is 4.79 Å². The first-order valence-electron chi connectivity index (χ1n) is 15.0. The molecule has 1 spiro atoms. The standard InChI is InChI=1S/C33H39ClN6O4/c1-19-13-25-24(16-36-37-25)27(28(19)34)26-20(2)40(23-14-33(15-23)17-39(18-33)31(42)44-32(3,4)5)38-29(26)21-7-9-22(10-8-21)30(41)35-11-12-43-6/h7-10,13,16,23H,11-12,14-15,17-18H2,1-6H3,(H,35,41)(H,36,37). The number of benzene rings is 2. The molecule has 2 aromatic carbocycles. The van der Waals surface area contributed by atoms with Crippen LogP contribution in [0, 0.1) is 19.3 Å². The highest BCUT2D eigenvalue weighted by Gasteiger charge is 2.55. The van der Waals surface area contributed by atoms with Crippen molar-refractivity contribution in [3.8, 4) is 22.4 Å². The lowest BCUT2D eigenvalue weighted by Gasteiger charge is -2.58. The van der Waals surface area contributed by atoms with Crippen LogP contribution >= 0.6 is 11.6 Å². The molecule has 1 saturated heterocycles. The molecule has 2 fully saturated rings. The number of likely N-dealkylation sites (tertiary alicyclic amines) is 1. The lowest BCUT2D eigenvalue weighted by atomic mass is 9.61. The number of H-pyrrole nitrogens is 1. The van der Waals surface area contributed by atoms with Crippen molar-refractivity contribution in [3.63, 3.8) is 0 Å². The Kier molecular flexibility index (Phi) is 7.70. The molecule has 232 valence electrons. The van der Waals surface area contributed by atoms with E-state index in [1.165, 1.54) is 0 Å². The minimum atomic E-state index is -0.509. The number of fused-ring (bicyclic) bond motifs is 1. The van der Waals surface area contributed by atoms with Crippen LogP contribution in [0.1, 0.15) is 61.3 Å². The van der Waals surface area contributed by atoms with Crippen LogP contribution in [0.5, 0.6) is 0 Å². The normalized spacial score (nSPS) is 16.2. The second kappa shape index (κ2) is 11.2. The third-order valence-corrected chi connectivity index (χ3v) is 9.15.